The van der Waals surface area contributed by atoms with Crippen LogP contribution in [0.2, 0.25) is 10.0 Å². The number of carbonyl (C=O) groups is 2. The van der Waals surface area contributed by atoms with Gasteiger partial charge in [0, 0.05) is 25.0 Å². The summed E-state index contributed by atoms with van der Waals surface area (Å²) in [6.45, 7) is -0.243. The zero-order valence-electron chi connectivity index (χ0n) is 17.9. The number of nitrogens with one attached hydrogen (secondary N) is 1. The van der Waals surface area contributed by atoms with Crippen molar-refractivity contribution in [1.29, 1.82) is 0 Å². The number of rotatable bonds is 9. The first-order valence-electron chi connectivity index (χ1n) is 10.2. The summed E-state index contributed by atoms with van der Waals surface area (Å²) in [5.41, 5.74) is 1.57. The Hall–Kier alpha value is -3.09. The minimum atomic E-state index is -0.806. The quantitative estimate of drug-likeness (QED) is 0.466. The van der Waals surface area contributed by atoms with Crippen molar-refractivity contribution >= 4 is 35.0 Å². The molecular weight excluding hydrogens is 466 g/mol. The Morgan fingerprint density at radius 3 is 2.33 bits per heavy atom. The zero-order valence-corrected chi connectivity index (χ0v) is 19.4. The normalized spacial score (nSPS) is 11.5. The number of hydrogen-bond acceptors (Lipinski definition) is 3. The molecular formula is C25H23Cl2FN2O3. The predicted molar refractivity (Wildman–Crippen MR) is 127 cm³/mol. The monoisotopic (exact) mass is 488 g/mol. The second kappa shape index (κ2) is 11.7. The van der Waals surface area contributed by atoms with Crippen molar-refractivity contribution < 1.29 is 18.7 Å². The van der Waals surface area contributed by atoms with Gasteiger partial charge in [0.15, 0.2) is 6.61 Å². The molecule has 172 valence electrons. The summed E-state index contributed by atoms with van der Waals surface area (Å²) >= 11 is 12.1. The molecule has 33 heavy (non-hydrogen) atoms. The lowest BCUT2D eigenvalue weighted by molar-refractivity contribution is -0.142. The van der Waals surface area contributed by atoms with E-state index in [2.05, 4.69) is 5.32 Å². The summed E-state index contributed by atoms with van der Waals surface area (Å²) in [6.07, 6.45) is 0.301. The number of benzene rings is 3. The van der Waals surface area contributed by atoms with Crippen molar-refractivity contribution in [2.45, 2.75) is 19.0 Å². The van der Waals surface area contributed by atoms with E-state index in [1.165, 1.54) is 30.1 Å². The lowest BCUT2D eigenvalue weighted by Gasteiger charge is -2.31. The van der Waals surface area contributed by atoms with Gasteiger partial charge >= 0.3 is 0 Å². The first-order chi connectivity index (χ1) is 15.9. The Bertz CT molecular complexity index is 1090. The molecule has 1 unspecified atom stereocenters. The molecule has 0 aliphatic carbocycles. The van der Waals surface area contributed by atoms with Crippen molar-refractivity contribution in [1.82, 2.24) is 10.2 Å². The molecule has 1 N–H and O–H groups in total. The van der Waals surface area contributed by atoms with Crippen LogP contribution in [0.15, 0.2) is 72.8 Å². The summed E-state index contributed by atoms with van der Waals surface area (Å²) in [5.74, 6) is -0.825. The summed E-state index contributed by atoms with van der Waals surface area (Å²) < 4.78 is 19.0. The number of halogens is 3. The summed E-state index contributed by atoms with van der Waals surface area (Å²) in [7, 11) is 1.52. The van der Waals surface area contributed by atoms with E-state index in [9.17, 15) is 14.0 Å². The van der Waals surface area contributed by atoms with E-state index in [1.807, 2.05) is 30.3 Å². The topological polar surface area (TPSA) is 58.6 Å². The second-order valence-corrected chi connectivity index (χ2v) is 8.17. The molecule has 0 saturated carbocycles. The highest BCUT2D eigenvalue weighted by molar-refractivity contribution is 6.35. The van der Waals surface area contributed by atoms with E-state index in [-0.39, 0.29) is 29.9 Å². The first-order valence-corrected chi connectivity index (χ1v) is 11.0. The minimum absolute atomic E-state index is 0.0990. The minimum Gasteiger partial charge on any atom is -0.482 e. The van der Waals surface area contributed by atoms with Gasteiger partial charge in [0.1, 0.15) is 17.6 Å². The molecule has 0 spiro atoms. The number of nitrogens with zero attached hydrogens (tertiary/aromatic N) is 1. The highest BCUT2D eigenvalue weighted by atomic mass is 35.5. The molecule has 1 atom stereocenters. The third-order valence-electron chi connectivity index (χ3n) is 5.03. The summed E-state index contributed by atoms with van der Waals surface area (Å²) in [4.78, 5) is 27.6. The maximum atomic E-state index is 13.4. The maximum Gasteiger partial charge on any atom is 0.261 e. The highest BCUT2D eigenvalue weighted by Gasteiger charge is 2.30. The highest BCUT2D eigenvalue weighted by Crippen LogP contribution is 2.27. The van der Waals surface area contributed by atoms with Crippen LogP contribution in [-0.4, -0.2) is 36.4 Å². The van der Waals surface area contributed by atoms with Gasteiger partial charge in [-0.25, -0.2) is 4.39 Å². The largest absolute Gasteiger partial charge is 0.482 e. The smallest absolute Gasteiger partial charge is 0.261 e. The van der Waals surface area contributed by atoms with Crippen LogP contribution < -0.4 is 10.1 Å². The Labute approximate surface area is 202 Å². The summed E-state index contributed by atoms with van der Waals surface area (Å²) in [5, 5.41) is 3.35. The molecule has 0 aromatic heterocycles. The standard InChI is InChI=1S/C25H23Cl2FN2O3/c1-29-25(32)22(13-17-5-3-2-4-6-17)30(15-18-7-10-20(28)11-8-18)24(31)16-33-23-12-9-19(26)14-21(23)27/h2-12,14,22H,13,15-16H2,1H3,(H,29,32). The third-order valence-corrected chi connectivity index (χ3v) is 5.56. The fraction of sp³-hybridized carbons (Fsp3) is 0.200. The van der Waals surface area contributed by atoms with Crippen molar-refractivity contribution in [3.05, 3.63) is 99.8 Å². The molecule has 0 fully saturated rings. The Kier molecular flexibility index (Phi) is 8.69. The zero-order chi connectivity index (χ0) is 23.8. The van der Waals surface area contributed by atoms with E-state index >= 15 is 0 Å². The number of amides is 2. The summed E-state index contributed by atoms with van der Waals surface area (Å²) in [6, 6.07) is 19.1. The van der Waals surface area contributed by atoms with Crippen LogP contribution in [0.5, 0.6) is 5.75 Å². The van der Waals surface area contributed by atoms with Crippen LogP contribution >= 0.6 is 23.2 Å². The van der Waals surface area contributed by atoms with Gasteiger partial charge in [-0.1, -0.05) is 65.7 Å². The first kappa shape index (κ1) is 24.6. The van der Waals surface area contributed by atoms with Crippen LogP contribution in [0.1, 0.15) is 11.1 Å². The van der Waals surface area contributed by atoms with Crippen molar-refractivity contribution in [2.24, 2.45) is 0 Å². The fourth-order valence-electron chi connectivity index (χ4n) is 3.32. The Morgan fingerprint density at radius 2 is 1.70 bits per heavy atom. The molecule has 0 radical (unpaired) electrons. The Balaban J connectivity index is 1.87. The van der Waals surface area contributed by atoms with Crippen LogP contribution in [0.4, 0.5) is 4.39 Å². The van der Waals surface area contributed by atoms with Crippen LogP contribution in [0.3, 0.4) is 0 Å². The third kappa shape index (κ3) is 6.94. The average Bonchev–Trinajstić information content (AvgIpc) is 2.82. The molecule has 8 heteroatoms. The van der Waals surface area contributed by atoms with Gasteiger partial charge in [-0.2, -0.15) is 0 Å². The number of carbonyl (C=O) groups excluding carboxylic acids is 2. The molecule has 3 aromatic carbocycles. The van der Waals surface area contributed by atoms with Crippen molar-refractivity contribution in [3.8, 4) is 5.75 Å². The van der Waals surface area contributed by atoms with E-state index in [4.69, 9.17) is 27.9 Å². The van der Waals surface area contributed by atoms with Gasteiger partial charge in [0.2, 0.25) is 5.91 Å². The predicted octanol–water partition coefficient (Wildman–Crippen LogP) is 4.90. The maximum absolute atomic E-state index is 13.4. The van der Waals surface area contributed by atoms with Gasteiger partial charge in [-0.15, -0.1) is 0 Å². The molecule has 3 rings (SSSR count). The number of ether oxygens (including phenoxy) is 1. The van der Waals surface area contributed by atoms with Crippen molar-refractivity contribution in [3.63, 3.8) is 0 Å². The van der Waals surface area contributed by atoms with Crippen molar-refractivity contribution in [2.75, 3.05) is 13.7 Å². The Morgan fingerprint density at radius 1 is 1.00 bits per heavy atom. The molecule has 0 heterocycles. The van der Waals surface area contributed by atoms with Gasteiger partial charge < -0.3 is 15.0 Å². The lowest BCUT2D eigenvalue weighted by Crippen LogP contribution is -2.51. The van der Waals surface area contributed by atoms with Gasteiger partial charge in [0.25, 0.3) is 5.91 Å². The SMILES string of the molecule is CNC(=O)C(Cc1ccccc1)N(Cc1ccc(F)cc1)C(=O)COc1ccc(Cl)cc1Cl. The van der Waals surface area contributed by atoms with Gasteiger partial charge in [-0.05, 0) is 41.5 Å². The van der Waals surface area contributed by atoms with Gasteiger partial charge in [0.05, 0.1) is 5.02 Å². The lowest BCUT2D eigenvalue weighted by atomic mass is 10.0. The van der Waals surface area contributed by atoms with Crippen LogP contribution in [0, 0.1) is 5.82 Å². The molecule has 0 bridgehead atoms. The van der Waals surface area contributed by atoms with Gasteiger partial charge in [-0.3, -0.25) is 9.59 Å². The van der Waals surface area contributed by atoms with E-state index in [0.717, 1.165) is 5.56 Å². The van der Waals surface area contributed by atoms with E-state index < -0.39 is 11.9 Å². The number of hydrogen-bond donors (Lipinski definition) is 1. The van der Waals surface area contributed by atoms with E-state index in [1.54, 1.807) is 24.3 Å². The molecule has 5 nitrogen and oxygen atoms in total. The molecule has 0 saturated heterocycles. The molecule has 0 aliphatic rings. The van der Waals surface area contributed by atoms with Crippen LogP contribution in [-0.2, 0) is 22.6 Å². The molecule has 2 amide bonds. The second-order valence-electron chi connectivity index (χ2n) is 7.33. The average molecular weight is 489 g/mol. The molecule has 3 aromatic rings. The number of likely N-dealkylation sites (N-methyl/N-ethyl adjacent to an activating group) is 1. The van der Waals surface area contributed by atoms with Crippen LogP contribution in [0.25, 0.3) is 0 Å². The molecule has 0 aliphatic heterocycles. The van der Waals surface area contributed by atoms with E-state index in [0.29, 0.717) is 22.8 Å². The fourth-order valence-corrected chi connectivity index (χ4v) is 3.78.